The monoisotopic (exact) mass is 242 g/mol. The third-order valence-electron chi connectivity index (χ3n) is 2.48. The summed E-state index contributed by atoms with van der Waals surface area (Å²) in [7, 11) is 0. The maximum Gasteiger partial charge on any atom is 0.110 e. The van der Waals surface area contributed by atoms with E-state index in [0.29, 0.717) is 5.41 Å². The van der Waals surface area contributed by atoms with Crippen LogP contribution in [0.25, 0.3) is 0 Å². The van der Waals surface area contributed by atoms with Crippen molar-refractivity contribution >= 4 is 5.69 Å². The Morgan fingerprint density at radius 2 is 1.78 bits per heavy atom. The number of para-hydroxylation sites is 1. The Labute approximate surface area is 110 Å². The highest BCUT2D eigenvalue weighted by atomic mass is 15.3. The summed E-state index contributed by atoms with van der Waals surface area (Å²) in [5, 5.41) is 3.21. The van der Waals surface area contributed by atoms with Crippen molar-refractivity contribution in [1.82, 2.24) is 5.32 Å². The molecule has 0 atom stereocenters. The summed E-state index contributed by atoms with van der Waals surface area (Å²) in [6, 6.07) is 8.49. The molecule has 0 spiro atoms. The van der Waals surface area contributed by atoms with Crippen molar-refractivity contribution in [2.45, 2.75) is 34.1 Å². The predicted octanol–water partition coefficient (Wildman–Crippen LogP) is 4.02. The van der Waals surface area contributed by atoms with Gasteiger partial charge in [-0.1, -0.05) is 45.9 Å². The van der Waals surface area contributed by atoms with E-state index in [9.17, 15) is 0 Å². The topological polar surface area (TPSA) is 15.3 Å². The zero-order valence-electron chi connectivity index (χ0n) is 11.7. The molecule has 0 amide bonds. The van der Waals surface area contributed by atoms with Gasteiger partial charge in [0.05, 0.1) is 5.69 Å². The average Bonchev–Trinajstić information content (AvgIpc) is 2.75. The Kier molecular flexibility index (Phi) is 3.46. The van der Waals surface area contributed by atoms with Gasteiger partial charge in [-0.3, -0.25) is 0 Å². The maximum absolute atomic E-state index is 3.21. The Balaban J connectivity index is 0.000000209. The van der Waals surface area contributed by atoms with E-state index in [1.165, 1.54) is 17.1 Å². The van der Waals surface area contributed by atoms with Gasteiger partial charge in [0, 0.05) is 12.4 Å². The van der Waals surface area contributed by atoms with Crippen molar-refractivity contribution in [2.24, 2.45) is 5.41 Å². The van der Waals surface area contributed by atoms with Crippen LogP contribution in [0.1, 0.15) is 33.3 Å². The molecule has 0 radical (unpaired) electrons. The smallest absolute Gasteiger partial charge is 0.110 e. The first-order chi connectivity index (χ1) is 8.45. The zero-order valence-corrected chi connectivity index (χ0v) is 11.7. The number of hydrogen-bond donors (Lipinski definition) is 1. The highest BCUT2D eigenvalue weighted by molar-refractivity contribution is 5.64. The second-order valence-electron chi connectivity index (χ2n) is 6.25. The van der Waals surface area contributed by atoms with Gasteiger partial charge in [-0.05, 0) is 29.5 Å². The van der Waals surface area contributed by atoms with Crippen LogP contribution in [0, 0.1) is 5.41 Å². The zero-order chi connectivity index (χ0) is 13.2. The van der Waals surface area contributed by atoms with Crippen molar-refractivity contribution in [3.05, 3.63) is 54.1 Å². The van der Waals surface area contributed by atoms with Crippen LogP contribution < -0.4 is 10.2 Å². The highest BCUT2D eigenvalue weighted by Gasteiger charge is 2.19. The fourth-order valence-electron chi connectivity index (χ4n) is 1.84. The molecular formula is C16H22N2. The van der Waals surface area contributed by atoms with Gasteiger partial charge in [-0.25, -0.2) is 0 Å². The van der Waals surface area contributed by atoms with E-state index in [2.05, 4.69) is 74.5 Å². The van der Waals surface area contributed by atoms with Gasteiger partial charge in [0.1, 0.15) is 5.82 Å². The van der Waals surface area contributed by atoms with E-state index in [4.69, 9.17) is 0 Å². The summed E-state index contributed by atoms with van der Waals surface area (Å²) in [6.07, 6.45) is 7.26. The molecule has 0 bridgehead atoms. The molecule has 0 unspecified atom stereocenters. The molecule has 0 saturated heterocycles. The van der Waals surface area contributed by atoms with Crippen LogP contribution in [0.2, 0.25) is 0 Å². The van der Waals surface area contributed by atoms with Crippen LogP contribution in [0.15, 0.2) is 48.6 Å². The van der Waals surface area contributed by atoms with Gasteiger partial charge in [-0.15, -0.1) is 0 Å². The maximum atomic E-state index is 3.21. The second kappa shape index (κ2) is 4.89. The summed E-state index contributed by atoms with van der Waals surface area (Å²) < 4.78 is 0. The normalized spacial score (nSPS) is 16.0. The van der Waals surface area contributed by atoms with Crippen LogP contribution >= 0.6 is 0 Å². The Morgan fingerprint density at radius 3 is 2.50 bits per heavy atom. The lowest BCUT2D eigenvalue weighted by Crippen LogP contribution is -2.21. The molecule has 3 rings (SSSR count). The van der Waals surface area contributed by atoms with Gasteiger partial charge < -0.3 is 10.2 Å². The summed E-state index contributed by atoms with van der Waals surface area (Å²) >= 11 is 0. The molecule has 2 aliphatic heterocycles. The molecule has 2 heteroatoms. The third-order valence-corrected chi connectivity index (χ3v) is 2.48. The molecule has 0 aromatic heterocycles. The summed E-state index contributed by atoms with van der Waals surface area (Å²) in [6.45, 7) is 8.75. The lowest BCUT2D eigenvalue weighted by molar-refractivity contribution is 0.469. The van der Waals surface area contributed by atoms with Crippen LogP contribution in [0.4, 0.5) is 5.69 Å². The van der Waals surface area contributed by atoms with Gasteiger partial charge >= 0.3 is 0 Å². The molecule has 2 nitrogen and oxygen atoms in total. The average molecular weight is 242 g/mol. The lowest BCUT2D eigenvalue weighted by atomic mass is 10.0. The van der Waals surface area contributed by atoms with Crippen LogP contribution in [-0.4, -0.2) is 0 Å². The van der Waals surface area contributed by atoms with Crippen LogP contribution in [-0.2, 0) is 6.42 Å². The van der Waals surface area contributed by atoms with Gasteiger partial charge in [0.2, 0.25) is 0 Å². The van der Waals surface area contributed by atoms with Gasteiger partial charge in [0.25, 0.3) is 0 Å². The molecule has 1 aromatic rings. The van der Waals surface area contributed by atoms with Crippen molar-refractivity contribution in [3.8, 4) is 0 Å². The summed E-state index contributed by atoms with van der Waals surface area (Å²) in [4.78, 5) is 2.18. The number of benzene rings is 1. The van der Waals surface area contributed by atoms with Crippen molar-refractivity contribution in [1.29, 1.82) is 0 Å². The molecule has 96 valence electrons. The SMILES string of the molecule is C1=CN2C(=CCc3ccccc32)N1.CC(C)(C)C. The highest BCUT2D eigenvalue weighted by Crippen LogP contribution is 2.30. The van der Waals surface area contributed by atoms with E-state index in [0.717, 1.165) is 6.42 Å². The molecule has 0 saturated carbocycles. The minimum absolute atomic E-state index is 0.500. The second-order valence-corrected chi connectivity index (χ2v) is 6.25. The molecule has 1 N–H and O–H groups in total. The lowest BCUT2D eigenvalue weighted by Gasteiger charge is -2.24. The van der Waals surface area contributed by atoms with Crippen LogP contribution in [0.5, 0.6) is 0 Å². The number of nitrogens with zero attached hydrogens (tertiary/aromatic N) is 1. The Morgan fingerprint density at radius 1 is 1.11 bits per heavy atom. The Hall–Kier alpha value is -1.70. The summed E-state index contributed by atoms with van der Waals surface area (Å²) in [5.74, 6) is 1.18. The van der Waals surface area contributed by atoms with E-state index in [1.54, 1.807) is 0 Å². The van der Waals surface area contributed by atoms with Crippen molar-refractivity contribution in [2.75, 3.05) is 4.90 Å². The van der Waals surface area contributed by atoms with E-state index < -0.39 is 0 Å². The molecule has 1 aromatic carbocycles. The molecular weight excluding hydrogens is 220 g/mol. The molecule has 2 aliphatic rings. The van der Waals surface area contributed by atoms with Crippen LogP contribution in [0.3, 0.4) is 0 Å². The first kappa shape index (κ1) is 12.7. The van der Waals surface area contributed by atoms with Crippen molar-refractivity contribution < 1.29 is 0 Å². The van der Waals surface area contributed by atoms with Gasteiger partial charge in [-0.2, -0.15) is 0 Å². The molecule has 0 fully saturated rings. The van der Waals surface area contributed by atoms with E-state index in [-0.39, 0.29) is 0 Å². The summed E-state index contributed by atoms with van der Waals surface area (Å²) in [5.41, 5.74) is 3.18. The predicted molar refractivity (Wildman–Crippen MR) is 78.1 cm³/mol. The number of nitrogens with one attached hydrogen (secondary N) is 1. The fourth-order valence-corrected chi connectivity index (χ4v) is 1.84. The van der Waals surface area contributed by atoms with E-state index >= 15 is 0 Å². The Bertz CT molecular complexity index is 472. The van der Waals surface area contributed by atoms with E-state index in [1.807, 2.05) is 6.20 Å². The number of hydrogen-bond acceptors (Lipinski definition) is 2. The largest absolute Gasteiger partial charge is 0.347 e. The van der Waals surface area contributed by atoms with Crippen molar-refractivity contribution in [3.63, 3.8) is 0 Å². The molecule has 0 aliphatic carbocycles. The molecule has 2 heterocycles. The minimum atomic E-state index is 0.500. The third kappa shape index (κ3) is 3.16. The minimum Gasteiger partial charge on any atom is -0.347 e. The first-order valence-electron chi connectivity index (χ1n) is 6.46. The molecule has 18 heavy (non-hydrogen) atoms. The number of allylic oxidation sites excluding steroid dienone is 1. The number of rotatable bonds is 0. The number of fused-ring (bicyclic) bond motifs is 3. The van der Waals surface area contributed by atoms with Gasteiger partial charge in [0.15, 0.2) is 0 Å². The first-order valence-corrected chi connectivity index (χ1v) is 6.46. The standard InChI is InChI=1S/C11H10N2.C5H12/c1-2-4-10-9(3-1)5-6-11-12-7-8-13(10)11;1-5(2,3)4/h1-4,6-8,12H,5H2;1-4H3. The number of anilines is 1. The quantitative estimate of drug-likeness (QED) is 0.739. The fraction of sp³-hybridized carbons (Fsp3) is 0.375.